The number of ketones is 1. The van der Waals surface area contributed by atoms with Crippen molar-refractivity contribution >= 4 is 22.0 Å². The number of fused-ring (bicyclic) bond motifs is 5. The molecule has 1 amide bonds. The molecule has 4 rings (SSSR count). The molecule has 4 atom stereocenters. The first kappa shape index (κ1) is 18.5. The van der Waals surface area contributed by atoms with Crippen LogP contribution in [0.15, 0.2) is 18.2 Å². The second kappa shape index (κ2) is 6.33. The van der Waals surface area contributed by atoms with Crippen LogP contribution in [0.3, 0.4) is 0 Å². The van der Waals surface area contributed by atoms with Crippen LogP contribution in [0.5, 0.6) is 5.75 Å². The third kappa shape index (κ3) is 3.16. The Labute approximate surface area is 159 Å². The molecule has 3 aliphatic rings. The Morgan fingerprint density at radius 3 is 2.74 bits per heavy atom. The fourth-order valence-corrected chi connectivity index (χ4v) is 6.46. The van der Waals surface area contributed by atoms with Gasteiger partial charge in [-0.05, 0) is 73.1 Å². The zero-order valence-corrected chi connectivity index (χ0v) is 16.5. The van der Waals surface area contributed by atoms with Gasteiger partial charge >= 0.3 is 10.3 Å². The predicted molar refractivity (Wildman–Crippen MR) is 99.4 cm³/mol. The van der Waals surface area contributed by atoms with E-state index in [-0.39, 0.29) is 11.2 Å². The van der Waals surface area contributed by atoms with Crippen LogP contribution in [0.1, 0.15) is 63.0 Å². The SMILES string of the molecule is CC(=O)NS(=O)(=O)Oc1ccc2c(c1)CC[C@@H]1[C@@H]2CC[C@]2(C)C(=O)CC[C@@H]12. The van der Waals surface area contributed by atoms with E-state index in [1.165, 1.54) is 5.56 Å². The maximum Gasteiger partial charge on any atom is 0.409 e. The van der Waals surface area contributed by atoms with Gasteiger partial charge < -0.3 is 4.18 Å². The summed E-state index contributed by atoms with van der Waals surface area (Å²) >= 11 is 0. The summed E-state index contributed by atoms with van der Waals surface area (Å²) in [6.07, 6.45) is 5.53. The summed E-state index contributed by atoms with van der Waals surface area (Å²) < 4.78 is 30.4. The van der Waals surface area contributed by atoms with E-state index in [1.54, 1.807) is 16.9 Å². The summed E-state index contributed by atoms with van der Waals surface area (Å²) in [6.45, 7) is 3.28. The van der Waals surface area contributed by atoms with Gasteiger partial charge in [-0.15, -0.1) is 0 Å². The van der Waals surface area contributed by atoms with Gasteiger partial charge in [0.05, 0.1) is 0 Å². The first-order valence-electron chi connectivity index (χ1n) is 9.58. The predicted octanol–water partition coefficient (Wildman–Crippen LogP) is 2.87. The van der Waals surface area contributed by atoms with E-state index in [1.807, 2.05) is 6.07 Å². The molecule has 146 valence electrons. The molecule has 7 heteroatoms. The lowest BCUT2D eigenvalue weighted by molar-refractivity contribution is -0.129. The Kier molecular flexibility index (Phi) is 4.33. The van der Waals surface area contributed by atoms with E-state index in [4.69, 9.17) is 4.18 Å². The number of amides is 1. The van der Waals surface area contributed by atoms with Crippen LogP contribution in [0, 0.1) is 17.3 Å². The van der Waals surface area contributed by atoms with Gasteiger partial charge in [-0.2, -0.15) is 8.42 Å². The number of hydrogen-bond donors (Lipinski definition) is 1. The Balaban J connectivity index is 1.58. The number of Topliss-reactive ketones (excluding diaryl/α,β-unsaturated/α-hetero) is 1. The number of rotatable bonds is 3. The van der Waals surface area contributed by atoms with Gasteiger partial charge in [-0.25, -0.2) is 4.72 Å². The lowest BCUT2D eigenvalue weighted by atomic mass is 9.55. The Hall–Kier alpha value is -1.89. The zero-order chi connectivity index (χ0) is 19.4. The highest BCUT2D eigenvalue weighted by Gasteiger charge is 2.54. The van der Waals surface area contributed by atoms with Crippen molar-refractivity contribution in [2.45, 2.75) is 58.3 Å². The molecule has 0 aromatic heterocycles. The van der Waals surface area contributed by atoms with Crippen LogP contribution < -0.4 is 8.91 Å². The van der Waals surface area contributed by atoms with Gasteiger partial charge in [0.1, 0.15) is 11.5 Å². The molecule has 2 fully saturated rings. The Morgan fingerprint density at radius 2 is 2.00 bits per heavy atom. The number of aryl methyl sites for hydroxylation is 1. The average Bonchev–Trinajstić information content (AvgIpc) is 2.88. The maximum atomic E-state index is 12.4. The number of nitrogens with one attached hydrogen (secondary N) is 1. The van der Waals surface area contributed by atoms with Crippen molar-refractivity contribution in [2.75, 3.05) is 0 Å². The summed E-state index contributed by atoms with van der Waals surface area (Å²) in [6, 6.07) is 5.40. The van der Waals surface area contributed by atoms with E-state index in [9.17, 15) is 18.0 Å². The molecule has 0 saturated heterocycles. The highest BCUT2D eigenvalue weighted by molar-refractivity contribution is 7.85. The number of benzene rings is 1. The summed E-state index contributed by atoms with van der Waals surface area (Å²) in [7, 11) is -4.15. The molecule has 1 aromatic carbocycles. The van der Waals surface area contributed by atoms with E-state index < -0.39 is 16.2 Å². The standard InChI is InChI=1S/C20H25NO5S/c1-12(22)21-27(24,25)26-14-4-6-15-13(11-14)3-5-17-16(15)9-10-20(2)18(17)7-8-19(20)23/h4,6,11,16-18H,3,5,7-10H2,1-2H3,(H,21,22)/t16-,17-,18+,20+/m1/s1. The molecule has 27 heavy (non-hydrogen) atoms. The summed E-state index contributed by atoms with van der Waals surface area (Å²) in [4.78, 5) is 23.4. The van der Waals surface area contributed by atoms with E-state index in [0.717, 1.165) is 44.6 Å². The van der Waals surface area contributed by atoms with Gasteiger partial charge in [0.2, 0.25) is 5.91 Å². The fraction of sp³-hybridized carbons (Fsp3) is 0.600. The minimum atomic E-state index is -4.15. The van der Waals surface area contributed by atoms with Gasteiger partial charge in [-0.1, -0.05) is 13.0 Å². The second-order valence-corrected chi connectivity index (χ2v) is 9.67. The lowest BCUT2D eigenvalue weighted by Gasteiger charge is -2.48. The Morgan fingerprint density at radius 1 is 1.22 bits per heavy atom. The normalized spacial score (nSPS) is 32.2. The zero-order valence-electron chi connectivity index (χ0n) is 15.7. The third-order valence-corrected chi connectivity index (χ3v) is 7.83. The van der Waals surface area contributed by atoms with Crippen LogP contribution >= 0.6 is 0 Å². The molecule has 2 saturated carbocycles. The van der Waals surface area contributed by atoms with Crippen LogP contribution in [0.2, 0.25) is 0 Å². The topological polar surface area (TPSA) is 89.5 Å². The monoisotopic (exact) mass is 391 g/mol. The van der Waals surface area contributed by atoms with Crippen LogP contribution in [-0.4, -0.2) is 20.1 Å². The van der Waals surface area contributed by atoms with Crippen molar-refractivity contribution in [3.8, 4) is 5.75 Å². The largest absolute Gasteiger partial charge is 0.409 e. The van der Waals surface area contributed by atoms with Gasteiger partial charge in [0.15, 0.2) is 0 Å². The molecular formula is C20H25NO5S. The van der Waals surface area contributed by atoms with Crippen molar-refractivity contribution in [3.05, 3.63) is 29.3 Å². The summed E-state index contributed by atoms with van der Waals surface area (Å²) in [5.74, 6) is 1.39. The maximum absolute atomic E-state index is 12.4. The second-order valence-electron chi connectivity index (χ2n) is 8.39. The average molecular weight is 391 g/mol. The van der Waals surface area contributed by atoms with Gasteiger partial charge in [-0.3, -0.25) is 9.59 Å². The van der Waals surface area contributed by atoms with Crippen LogP contribution in [0.25, 0.3) is 0 Å². The van der Waals surface area contributed by atoms with Crippen molar-refractivity contribution in [3.63, 3.8) is 0 Å². The molecule has 0 spiro atoms. The highest BCUT2D eigenvalue weighted by atomic mass is 32.2. The van der Waals surface area contributed by atoms with Crippen molar-refractivity contribution in [1.29, 1.82) is 0 Å². The first-order valence-corrected chi connectivity index (χ1v) is 11.0. The lowest BCUT2D eigenvalue weighted by Crippen LogP contribution is -2.42. The molecule has 1 N–H and O–H groups in total. The summed E-state index contributed by atoms with van der Waals surface area (Å²) in [5, 5.41) is 0. The minimum Gasteiger partial charge on any atom is -0.367 e. The molecule has 0 bridgehead atoms. The first-order chi connectivity index (χ1) is 12.7. The molecule has 0 heterocycles. The van der Waals surface area contributed by atoms with E-state index >= 15 is 0 Å². The molecular weight excluding hydrogens is 366 g/mol. The molecule has 0 unspecified atom stereocenters. The van der Waals surface area contributed by atoms with E-state index in [0.29, 0.717) is 30.0 Å². The summed E-state index contributed by atoms with van der Waals surface area (Å²) in [5.41, 5.74) is 2.23. The number of hydrogen-bond acceptors (Lipinski definition) is 5. The quantitative estimate of drug-likeness (QED) is 0.856. The molecule has 0 radical (unpaired) electrons. The molecule has 0 aliphatic heterocycles. The number of carbonyl (C=O) groups excluding carboxylic acids is 2. The number of carbonyl (C=O) groups is 2. The molecule has 1 aromatic rings. The third-order valence-electron chi connectivity index (χ3n) is 6.88. The van der Waals surface area contributed by atoms with Crippen molar-refractivity contribution in [1.82, 2.24) is 4.72 Å². The van der Waals surface area contributed by atoms with E-state index in [2.05, 4.69) is 6.92 Å². The van der Waals surface area contributed by atoms with Crippen molar-refractivity contribution < 1.29 is 22.2 Å². The fourth-order valence-electron chi connectivity index (χ4n) is 5.71. The molecule has 6 nitrogen and oxygen atoms in total. The van der Waals surface area contributed by atoms with Crippen LogP contribution in [-0.2, 0) is 26.3 Å². The smallest absolute Gasteiger partial charge is 0.367 e. The highest BCUT2D eigenvalue weighted by Crippen LogP contribution is 2.59. The molecule has 3 aliphatic carbocycles. The van der Waals surface area contributed by atoms with Gasteiger partial charge in [0.25, 0.3) is 0 Å². The van der Waals surface area contributed by atoms with Gasteiger partial charge in [0, 0.05) is 18.8 Å². The minimum absolute atomic E-state index is 0.145. The van der Waals surface area contributed by atoms with Crippen molar-refractivity contribution in [2.24, 2.45) is 17.3 Å². The van der Waals surface area contributed by atoms with Crippen LogP contribution in [0.4, 0.5) is 0 Å². The Bertz CT molecular complexity index is 909.